The number of rotatable bonds is 3. The van der Waals surface area contributed by atoms with Crippen molar-refractivity contribution in [3.8, 4) is 0 Å². The summed E-state index contributed by atoms with van der Waals surface area (Å²) in [5, 5.41) is 6.26. The summed E-state index contributed by atoms with van der Waals surface area (Å²) in [6, 6.07) is 0. The number of nitrogens with zero attached hydrogens (tertiary/aromatic N) is 4. The van der Waals surface area contributed by atoms with Crippen molar-refractivity contribution in [3.63, 3.8) is 0 Å². The summed E-state index contributed by atoms with van der Waals surface area (Å²) in [4.78, 5) is 12.9. The van der Waals surface area contributed by atoms with E-state index in [1.807, 2.05) is 22.9 Å². The number of aryl methyl sites for hydroxylation is 1. The van der Waals surface area contributed by atoms with Gasteiger partial charge >= 0.3 is 0 Å². The predicted molar refractivity (Wildman–Crippen MR) is 71.6 cm³/mol. The summed E-state index contributed by atoms with van der Waals surface area (Å²) in [6.07, 6.45) is 5.29. The standard InChI is InChI=1S/C11H12N6S/c1-7-6-18-9(15-7)4-14-10-11-13-2-3-17(11)5-8(12)16-10/h2-3,5-6H,4,12H2,1H3,(H,14,16). The van der Waals surface area contributed by atoms with Crippen LogP contribution in [0.4, 0.5) is 11.6 Å². The lowest BCUT2D eigenvalue weighted by atomic mass is 10.5. The monoisotopic (exact) mass is 260 g/mol. The third-order valence-corrected chi connectivity index (χ3v) is 3.43. The Balaban J connectivity index is 1.87. The molecule has 0 aromatic carbocycles. The van der Waals surface area contributed by atoms with Gasteiger partial charge in [-0.25, -0.2) is 15.0 Å². The molecule has 18 heavy (non-hydrogen) atoms. The lowest BCUT2D eigenvalue weighted by molar-refractivity contribution is 1.04. The topological polar surface area (TPSA) is 81.1 Å². The molecule has 0 amide bonds. The summed E-state index contributed by atoms with van der Waals surface area (Å²) in [5.41, 5.74) is 7.54. The van der Waals surface area contributed by atoms with E-state index in [2.05, 4.69) is 20.3 Å². The zero-order valence-corrected chi connectivity index (χ0v) is 10.6. The van der Waals surface area contributed by atoms with Crippen molar-refractivity contribution in [3.05, 3.63) is 34.7 Å². The van der Waals surface area contributed by atoms with E-state index in [9.17, 15) is 0 Å². The maximum absolute atomic E-state index is 5.74. The molecular weight excluding hydrogens is 248 g/mol. The van der Waals surface area contributed by atoms with Crippen LogP contribution in [0.2, 0.25) is 0 Å². The molecule has 3 rings (SSSR count). The van der Waals surface area contributed by atoms with E-state index in [0.717, 1.165) is 16.3 Å². The molecule has 0 spiro atoms. The summed E-state index contributed by atoms with van der Waals surface area (Å²) in [7, 11) is 0. The van der Waals surface area contributed by atoms with Crippen LogP contribution in [0.3, 0.4) is 0 Å². The Morgan fingerprint density at radius 3 is 3.11 bits per heavy atom. The molecule has 0 aliphatic carbocycles. The maximum atomic E-state index is 5.74. The van der Waals surface area contributed by atoms with Gasteiger partial charge in [-0.2, -0.15) is 0 Å². The zero-order valence-electron chi connectivity index (χ0n) is 9.79. The Labute approximate surface area is 108 Å². The first-order chi connectivity index (χ1) is 8.72. The third-order valence-electron chi connectivity index (χ3n) is 2.47. The van der Waals surface area contributed by atoms with Gasteiger partial charge in [0.2, 0.25) is 0 Å². The summed E-state index contributed by atoms with van der Waals surface area (Å²) >= 11 is 1.62. The third kappa shape index (κ3) is 2.00. The number of imidazole rings is 1. The van der Waals surface area contributed by atoms with Crippen LogP contribution in [-0.2, 0) is 6.54 Å². The van der Waals surface area contributed by atoms with Crippen LogP contribution >= 0.6 is 11.3 Å². The fraction of sp³-hybridized carbons (Fsp3) is 0.182. The molecule has 0 saturated carbocycles. The van der Waals surface area contributed by atoms with Crippen LogP contribution in [0.25, 0.3) is 5.65 Å². The Bertz CT molecular complexity index is 686. The first kappa shape index (κ1) is 11.0. The highest BCUT2D eigenvalue weighted by Crippen LogP contribution is 2.16. The van der Waals surface area contributed by atoms with Crippen LogP contribution in [0, 0.1) is 6.92 Å². The molecule has 7 heteroatoms. The quantitative estimate of drug-likeness (QED) is 0.749. The van der Waals surface area contributed by atoms with Crippen molar-refractivity contribution in [1.29, 1.82) is 0 Å². The largest absolute Gasteiger partial charge is 0.382 e. The van der Waals surface area contributed by atoms with E-state index in [1.54, 1.807) is 23.7 Å². The Kier molecular flexibility index (Phi) is 2.60. The molecule has 92 valence electrons. The van der Waals surface area contributed by atoms with Gasteiger partial charge in [0.1, 0.15) is 10.8 Å². The van der Waals surface area contributed by atoms with Crippen molar-refractivity contribution in [2.75, 3.05) is 11.1 Å². The smallest absolute Gasteiger partial charge is 0.180 e. The van der Waals surface area contributed by atoms with Crippen molar-refractivity contribution in [1.82, 2.24) is 19.4 Å². The summed E-state index contributed by atoms with van der Waals surface area (Å²) < 4.78 is 1.85. The van der Waals surface area contributed by atoms with E-state index in [1.165, 1.54) is 0 Å². The lowest BCUT2D eigenvalue weighted by Crippen LogP contribution is -2.05. The summed E-state index contributed by atoms with van der Waals surface area (Å²) in [6.45, 7) is 2.60. The van der Waals surface area contributed by atoms with Gasteiger partial charge in [-0.1, -0.05) is 0 Å². The fourth-order valence-electron chi connectivity index (χ4n) is 1.71. The van der Waals surface area contributed by atoms with Gasteiger partial charge < -0.3 is 15.5 Å². The highest BCUT2D eigenvalue weighted by atomic mass is 32.1. The minimum Gasteiger partial charge on any atom is -0.382 e. The van der Waals surface area contributed by atoms with Crippen LogP contribution < -0.4 is 11.1 Å². The molecule has 3 heterocycles. The molecule has 0 radical (unpaired) electrons. The number of anilines is 2. The number of fused-ring (bicyclic) bond motifs is 1. The van der Waals surface area contributed by atoms with Gasteiger partial charge in [-0.3, -0.25) is 0 Å². The fourth-order valence-corrected chi connectivity index (χ4v) is 2.42. The Hall–Kier alpha value is -2.15. The second-order valence-electron chi connectivity index (χ2n) is 3.91. The molecule has 0 aliphatic rings. The molecule has 6 nitrogen and oxygen atoms in total. The van der Waals surface area contributed by atoms with Gasteiger partial charge in [0.05, 0.1) is 12.7 Å². The number of nitrogens with two attached hydrogens (primary N) is 1. The van der Waals surface area contributed by atoms with E-state index in [4.69, 9.17) is 5.73 Å². The number of hydrogen-bond donors (Lipinski definition) is 2. The molecular formula is C11H12N6S. The second-order valence-corrected chi connectivity index (χ2v) is 4.85. The Morgan fingerprint density at radius 2 is 2.33 bits per heavy atom. The molecule has 0 aliphatic heterocycles. The molecule has 0 atom stereocenters. The Morgan fingerprint density at radius 1 is 1.44 bits per heavy atom. The minimum absolute atomic E-state index is 0.457. The van der Waals surface area contributed by atoms with Gasteiger partial charge in [0.25, 0.3) is 0 Å². The van der Waals surface area contributed by atoms with Gasteiger partial charge in [-0.15, -0.1) is 11.3 Å². The molecule has 0 saturated heterocycles. The van der Waals surface area contributed by atoms with E-state index in [-0.39, 0.29) is 0 Å². The molecule has 0 unspecified atom stereocenters. The lowest BCUT2D eigenvalue weighted by Gasteiger charge is -2.06. The molecule has 0 bridgehead atoms. The maximum Gasteiger partial charge on any atom is 0.180 e. The molecule has 3 aromatic rings. The second kappa shape index (κ2) is 4.26. The van der Waals surface area contributed by atoms with Crippen LogP contribution in [-0.4, -0.2) is 19.4 Å². The van der Waals surface area contributed by atoms with E-state index < -0.39 is 0 Å². The minimum atomic E-state index is 0.457. The average molecular weight is 260 g/mol. The SMILES string of the molecule is Cc1csc(CNc2nc(N)cn3ccnc23)n1. The first-order valence-electron chi connectivity index (χ1n) is 5.46. The first-order valence-corrected chi connectivity index (χ1v) is 6.34. The van der Waals surface area contributed by atoms with Crippen LogP contribution in [0.1, 0.15) is 10.7 Å². The van der Waals surface area contributed by atoms with E-state index >= 15 is 0 Å². The zero-order chi connectivity index (χ0) is 12.5. The number of aromatic nitrogens is 4. The van der Waals surface area contributed by atoms with Gasteiger partial charge in [0, 0.05) is 23.5 Å². The van der Waals surface area contributed by atoms with Crippen molar-refractivity contribution in [2.45, 2.75) is 13.5 Å². The number of thiazole rings is 1. The average Bonchev–Trinajstić information content (AvgIpc) is 2.94. The highest BCUT2D eigenvalue weighted by molar-refractivity contribution is 7.09. The van der Waals surface area contributed by atoms with E-state index in [0.29, 0.717) is 18.2 Å². The highest BCUT2D eigenvalue weighted by Gasteiger charge is 2.06. The molecule has 0 fully saturated rings. The molecule has 3 aromatic heterocycles. The number of hydrogen-bond acceptors (Lipinski definition) is 6. The van der Waals surface area contributed by atoms with Crippen molar-refractivity contribution >= 4 is 28.6 Å². The normalized spacial score (nSPS) is 10.9. The van der Waals surface area contributed by atoms with Crippen molar-refractivity contribution < 1.29 is 0 Å². The summed E-state index contributed by atoms with van der Waals surface area (Å²) in [5.74, 6) is 1.13. The van der Waals surface area contributed by atoms with Crippen molar-refractivity contribution in [2.24, 2.45) is 0 Å². The van der Waals surface area contributed by atoms with Crippen LogP contribution in [0.15, 0.2) is 24.0 Å². The number of nitrogen functional groups attached to an aromatic ring is 1. The van der Waals surface area contributed by atoms with Crippen LogP contribution in [0.5, 0.6) is 0 Å². The molecule has 3 N–H and O–H groups in total. The predicted octanol–water partition coefficient (Wildman–Crippen LogP) is 1.69. The van der Waals surface area contributed by atoms with Gasteiger partial charge in [0.15, 0.2) is 11.5 Å². The van der Waals surface area contributed by atoms with Gasteiger partial charge in [-0.05, 0) is 6.92 Å². The number of nitrogens with one attached hydrogen (secondary N) is 1.